The molecule has 1 aromatic heterocycles. The van der Waals surface area contributed by atoms with E-state index in [4.69, 9.17) is 17.0 Å². The zero-order chi connectivity index (χ0) is 19.8. The Kier molecular flexibility index (Phi) is 5.35. The van der Waals surface area contributed by atoms with E-state index in [0.717, 1.165) is 41.5 Å². The molecule has 28 heavy (non-hydrogen) atoms. The van der Waals surface area contributed by atoms with E-state index in [1.54, 1.807) is 7.11 Å². The van der Waals surface area contributed by atoms with Gasteiger partial charge in [-0.05, 0) is 49.3 Å². The zero-order valence-corrected chi connectivity index (χ0v) is 16.9. The van der Waals surface area contributed by atoms with Gasteiger partial charge in [0.25, 0.3) is 0 Å². The number of thiazole rings is 1. The summed E-state index contributed by atoms with van der Waals surface area (Å²) in [5.41, 5.74) is 1.32. The van der Waals surface area contributed by atoms with Crippen molar-refractivity contribution in [3.63, 3.8) is 0 Å². The van der Waals surface area contributed by atoms with Gasteiger partial charge in [0.05, 0.1) is 25.9 Å². The smallest absolute Gasteiger partial charge is 0.189 e. The van der Waals surface area contributed by atoms with Gasteiger partial charge in [-0.2, -0.15) is 0 Å². The fraction of sp³-hybridized carbons (Fsp3) is 0.474. The first-order chi connectivity index (χ1) is 13.4. The number of quaternary nitrogens is 1. The van der Waals surface area contributed by atoms with Crippen molar-refractivity contribution in [1.82, 2.24) is 10.3 Å². The normalized spacial score (nSPS) is 28.8. The summed E-state index contributed by atoms with van der Waals surface area (Å²) in [7, 11) is 1.84. The number of piperidine rings is 3. The minimum absolute atomic E-state index is 0.183. The van der Waals surface area contributed by atoms with E-state index in [1.807, 2.05) is 29.6 Å². The van der Waals surface area contributed by atoms with Crippen LogP contribution in [-0.4, -0.2) is 66.5 Å². The number of fused-ring (bicyclic) bond motifs is 3. The number of aromatic nitrogens is 1. The predicted octanol–water partition coefficient (Wildman–Crippen LogP) is 1.36. The Labute approximate surface area is 175 Å². The van der Waals surface area contributed by atoms with Crippen molar-refractivity contribution in [2.24, 2.45) is 5.92 Å². The van der Waals surface area contributed by atoms with E-state index in [0.29, 0.717) is 17.6 Å². The summed E-state index contributed by atoms with van der Waals surface area (Å²) in [6.07, 6.45) is 2.30. The zero-order valence-electron chi connectivity index (χ0n) is 15.3. The number of aliphatic hydroxyl groups is 1. The number of hydrogen-bond acceptors (Lipinski definition) is 5. The lowest BCUT2D eigenvalue weighted by molar-refractivity contribution is -0.846. The second kappa shape index (κ2) is 7.63. The van der Waals surface area contributed by atoms with Gasteiger partial charge in [0.2, 0.25) is 0 Å². The molecule has 0 aliphatic carbocycles. The molecule has 5 rings (SSSR count). The van der Waals surface area contributed by atoms with E-state index in [1.165, 1.54) is 28.8 Å². The van der Waals surface area contributed by atoms with Crippen LogP contribution in [0.25, 0.3) is 11.3 Å². The van der Waals surface area contributed by atoms with Crippen LogP contribution in [0.3, 0.4) is 0 Å². The van der Waals surface area contributed by atoms with Crippen molar-refractivity contribution in [1.29, 1.82) is 0 Å². The maximum atomic E-state index is 11.2. The van der Waals surface area contributed by atoms with Crippen molar-refractivity contribution < 1.29 is 14.2 Å². The highest BCUT2D eigenvalue weighted by atomic mass is 32.1. The molecule has 150 valence electrons. The summed E-state index contributed by atoms with van der Waals surface area (Å²) >= 11 is 6.97. The van der Waals surface area contributed by atoms with Gasteiger partial charge in [-0.3, -0.25) is 0 Å². The van der Waals surface area contributed by atoms with Gasteiger partial charge in [-0.1, -0.05) is 0 Å². The SMILES string of the molecule is [BH3-][N+]12CCC(CC1)C(O)(CNC(=S)Nc1nc(-c3ccc(OC)cc3)cs1)C2. The molecule has 0 saturated carbocycles. The number of thiocarbonyl (C=S) groups is 1. The van der Waals surface area contributed by atoms with Gasteiger partial charge in [0.1, 0.15) is 11.4 Å². The summed E-state index contributed by atoms with van der Waals surface area (Å²) in [5.74, 6) is 1.23. The minimum atomic E-state index is -0.624. The third kappa shape index (κ3) is 4.03. The van der Waals surface area contributed by atoms with Gasteiger partial charge < -0.3 is 24.9 Å². The lowest BCUT2D eigenvalue weighted by Crippen LogP contribution is -2.70. The predicted molar refractivity (Wildman–Crippen MR) is 121 cm³/mol. The molecule has 3 fully saturated rings. The number of rotatable bonds is 5. The molecule has 1 unspecified atom stereocenters. The van der Waals surface area contributed by atoms with E-state index in [-0.39, 0.29) is 7.98 Å². The Morgan fingerprint density at radius 2 is 2.11 bits per heavy atom. The van der Waals surface area contributed by atoms with Crippen molar-refractivity contribution in [3.8, 4) is 17.0 Å². The molecule has 0 spiro atoms. The highest BCUT2D eigenvalue weighted by Gasteiger charge is 2.49. The van der Waals surface area contributed by atoms with Crippen molar-refractivity contribution in [3.05, 3.63) is 29.6 Å². The van der Waals surface area contributed by atoms with Gasteiger partial charge in [0.15, 0.2) is 18.2 Å². The number of ether oxygens (including phenoxy) is 1. The van der Waals surface area contributed by atoms with Gasteiger partial charge in [-0.25, -0.2) is 4.98 Å². The summed E-state index contributed by atoms with van der Waals surface area (Å²) in [5, 5.41) is 20.9. The lowest BCUT2D eigenvalue weighted by Gasteiger charge is -2.60. The van der Waals surface area contributed by atoms with Crippen LogP contribution >= 0.6 is 23.6 Å². The first-order valence-corrected chi connectivity index (χ1v) is 10.4. The maximum Gasteiger partial charge on any atom is 0.189 e. The molecule has 9 heteroatoms. The van der Waals surface area contributed by atoms with Crippen molar-refractivity contribution >= 4 is 41.8 Å². The molecule has 3 aliphatic rings. The van der Waals surface area contributed by atoms with Crippen LogP contribution < -0.4 is 15.4 Å². The summed E-state index contributed by atoms with van der Waals surface area (Å²) in [4.78, 5) is 4.62. The van der Waals surface area contributed by atoms with Crippen LogP contribution in [0.1, 0.15) is 12.8 Å². The van der Waals surface area contributed by atoms with E-state index < -0.39 is 5.60 Å². The number of nitrogens with one attached hydrogen (secondary N) is 2. The maximum absolute atomic E-state index is 11.2. The topological polar surface area (TPSA) is 66.4 Å². The highest BCUT2D eigenvalue weighted by molar-refractivity contribution is 7.80. The molecule has 4 heterocycles. The Morgan fingerprint density at radius 1 is 1.39 bits per heavy atom. The number of benzene rings is 1. The quantitative estimate of drug-likeness (QED) is 0.504. The van der Waals surface area contributed by atoms with Crippen LogP contribution in [0.5, 0.6) is 5.75 Å². The third-order valence-electron chi connectivity index (χ3n) is 5.51. The summed E-state index contributed by atoms with van der Waals surface area (Å²) in [6, 6.07) is 7.84. The second-order valence-electron chi connectivity index (χ2n) is 7.23. The lowest BCUT2D eigenvalue weighted by atomic mass is 9.72. The molecule has 0 radical (unpaired) electrons. The number of hydrogen-bond donors (Lipinski definition) is 3. The van der Waals surface area contributed by atoms with Crippen LogP contribution in [0.15, 0.2) is 29.6 Å². The molecule has 2 bridgehead atoms. The molecule has 3 saturated heterocycles. The first-order valence-electron chi connectivity index (χ1n) is 9.15. The number of nitrogens with zero attached hydrogens (tertiary/aromatic N) is 2. The standard InChI is InChI=1S/C19H27BN4O2S2/c1-26-15-4-2-13(3-5-15)16-10-28-18(22-16)23-17(27)21-11-19(25)12-24(20)8-6-14(19)7-9-24/h2-5,10,14,25H,6-9,11-12H2,1,20H3,(H2,21,22,23,27). The van der Waals surface area contributed by atoms with Crippen LogP contribution in [-0.2, 0) is 0 Å². The molecule has 6 nitrogen and oxygen atoms in total. The fourth-order valence-corrected chi connectivity index (χ4v) is 4.90. The molecule has 3 N–H and O–H groups in total. The summed E-state index contributed by atoms with van der Waals surface area (Å²) in [6.45, 7) is 3.99. The number of anilines is 1. The number of methoxy groups -OCH3 is 1. The van der Waals surface area contributed by atoms with E-state index in [2.05, 4.69) is 15.6 Å². The average Bonchev–Trinajstić information content (AvgIpc) is 3.15. The van der Waals surface area contributed by atoms with Crippen LogP contribution in [0.2, 0.25) is 0 Å². The average molecular weight is 418 g/mol. The Morgan fingerprint density at radius 3 is 2.75 bits per heavy atom. The van der Waals surface area contributed by atoms with Crippen molar-refractivity contribution in [2.75, 3.05) is 38.6 Å². The molecular weight excluding hydrogens is 391 g/mol. The molecule has 1 aromatic carbocycles. The second-order valence-corrected chi connectivity index (χ2v) is 8.49. The largest absolute Gasteiger partial charge is 0.520 e. The Hall–Kier alpha value is -1.68. The highest BCUT2D eigenvalue weighted by Crippen LogP contribution is 2.38. The van der Waals surface area contributed by atoms with Crippen LogP contribution in [0.4, 0.5) is 5.13 Å². The minimum Gasteiger partial charge on any atom is -0.520 e. The van der Waals surface area contributed by atoms with Crippen molar-refractivity contribution in [2.45, 2.75) is 18.4 Å². The van der Waals surface area contributed by atoms with Gasteiger partial charge in [-0.15, -0.1) is 11.3 Å². The fourth-order valence-electron chi connectivity index (χ4n) is 3.95. The first kappa shape index (κ1) is 19.6. The van der Waals surface area contributed by atoms with E-state index >= 15 is 0 Å². The van der Waals surface area contributed by atoms with Crippen LogP contribution in [0, 0.1) is 5.92 Å². The molecule has 3 aliphatic heterocycles. The van der Waals surface area contributed by atoms with Gasteiger partial charge in [0, 0.05) is 30.0 Å². The molecule has 0 amide bonds. The monoisotopic (exact) mass is 418 g/mol. The Bertz CT molecular complexity index is 852. The van der Waals surface area contributed by atoms with Gasteiger partial charge >= 0.3 is 0 Å². The molecular formula is C19H27BN4O2S2. The third-order valence-corrected chi connectivity index (χ3v) is 6.51. The summed E-state index contributed by atoms with van der Waals surface area (Å²) < 4.78 is 6.41. The Balaban J connectivity index is 1.34. The van der Waals surface area contributed by atoms with E-state index in [9.17, 15) is 5.11 Å². The molecule has 2 aromatic rings. The molecule has 1 atom stereocenters.